The molecule has 1 atom stereocenters. The molecule has 0 rings (SSSR count). The highest BCUT2D eigenvalue weighted by molar-refractivity contribution is 5.52. The molecule has 0 radical (unpaired) electrons. The van der Waals surface area contributed by atoms with Crippen LogP contribution in [-0.4, -0.2) is 6.29 Å². The summed E-state index contributed by atoms with van der Waals surface area (Å²) in [7, 11) is 0. The van der Waals surface area contributed by atoms with Gasteiger partial charge in [0.2, 0.25) is 0 Å². The number of hydrogen-bond donors (Lipinski definition) is 0. The quantitative estimate of drug-likeness (QED) is 0.317. The highest BCUT2D eigenvalue weighted by Crippen LogP contribution is 2.09. The van der Waals surface area contributed by atoms with E-state index in [9.17, 15) is 4.79 Å². The second kappa shape index (κ2) is 9.50. The minimum atomic E-state index is 0.260. The maximum atomic E-state index is 10.3. The van der Waals surface area contributed by atoms with Gasteiger partial charge in [-0.05, 0) is 26.2 Å². The monoisotopic (exact) mass is 182 g/mol. The summed E-state index contributed by atoms with van der Waals surface area (Å²) in [5.41, 5.74) is 0. The summed E-state index contributed by atoms with van der Waals surface area (Å²) < 4.78 is 0. The van der Waals surface area contributed by atoms with Gasteiger partial charge in [0.25, 0.3) is 0 Å². The minimum Gasteiger partial charge on any atom is -0.303 e. The van der Waals surface area contributed by atoms with Crippen molar-refractivity contribution in [3.63, 3.8) is 0 Å². The van der Waals surface area contributed by atoms with Gasteiger partial charge < -0.3 is 4.79 Å². The molecule has 0 fully saturated rings. The third-order valence-electron chi connectivity index (χ3n) is 2.25. The lowest BCUT2D eigenvalue weighted by molar-refractivity contribution is -0.110. The van der Waals surface area contributed by atoms with Crippen molar-refractivity contribution in [1.29, 1.82) is 0 Å². The molecule has 1 nitrogen and oxygen atoms in total. The first-order valence-electron chi connectivity index (χ1n) is 5.37. The van der Waals surface area contributed by atoms with Gasteiger partial charge in [0, 0.05) is 5.92 Å². The third-order valence-corrected chi connectivity index (χ3v) is 2.25. The SMILES string of the molecule is CC=CCCCCCCC(C)C=O. The molecule has 0 aromatic heterocycles. The van der Waals surface area contributed by atoms with Crippen molar-refractivity contribution >= 4 is 6.29 Å². The van der Waals surface area contributed by atoms with Gasteiger partial charge in [-0.25, -0.2) is 0 Å². The molecule has 1 heteroatoms. The maximum absolute atomic E-state index is 10.3. The summed E-state index contributed by atoms with van der Waals surface area (Å²) in [6.07, 6.45) is 12.7. The second-order valence-electron chi connectivity index (χ2n) is 3.67. The molecule has 0 aliphatic rings. The second-order valence-corrected chi connectivity index (χ2v) is 3.67. The molecule has 0 bridgehead atoms. The number of hydrogen-bond acceptors (Lipinski definition) is 1. The predicted octanol–water partition coefficient (Wildman–Crippen LogP) is 3.74. The molecule has 13 heavy (non-hydrogen) atoms. The Morgan fingerprint density at radius 1 is 1.15 bits per heavy atom. The van der Waals surface area contributed by atoms with E-state index in [1.165, 1.54) is 32.1 Å². The molecule has 0 saturated carbocycles. The molecule has 0 aromatic rings. The summed E-state index contributed by atoms with van der Waals surface area (Å²) in [4.78, 5) is 10.3. The summed E-state index contributed by atoms with van der Waals surface area (Å²) in [5.74, 6) is 0.260. The molecule has 0 heterocycles. The number of allylic oxidation sites excluding steroid dienone is 2. The normalized spacial score (nSPS) is 13.4. The van der Waals surface area contributed by atoms with Crippen molar-refractivity contribution in [3.8, 4) is 0 Å². The lowest BCUT2D eigenvalue weighted by atomic mass is 10.0. The zero-order valence-electron chi connectivity index (χ0n) is 8.96. The zero-order valence-corrected chi connectivity index (χ0v) is 8.96. The highest BCUT2D eigenvalue weighted by Gasteiger charge is 1.97. The molecule has 0 spiro atoms. The van der Waals surface area contributed by atoms with Crippen molar-refractivity contribution < 1.29 is 4.79 Å². The fourth-order valence-electron chi connectivity index (χ4n) is 1.32. The van der Waals surface area contributed by atoms with Gasteiger partial charge in [0.05, 0.1) is 0 Å². The van der Waals surface area contributed by atoms with Crippen molar-refractivity contribution in [2.24, 2.45) is 5.92 Å². The summed E-state index contributed by atoms with van der Waals surface area (Å²) in [6.45, 7) is 4.05. The van der Waals surface area contributed by atoms with Crippen molar-refractivity contribution in [2.45, 2.75) is 52.4 Å². The van der Waals surface area contributed by atoms with Crippen LogP contribution in [0.25, 0.3) is 0 Å². The lowest BCUT2D eigenvalue weighted by Crippen LogP contribution is -1.94. The van der Waals surface area contributed by atoms with E-state index >= 15 is 0 Å². The third kappa shape index (κ3) is 9.32. The van der Waals surface area contributed by atoms with Crippen LogP contribution in [0, 0.1) is 5.92 Å². The van der Waals surface area contributed by atoms with E-state index < -0.39 is 0 Å². The van der Waals surface area contributed by atoms with Crippen LogP contribution < -0.4 is 0 Å². The fraction of sp³-hybridized carbons (Fsp3) is 0.750. The Bertz CT molecular complexity index is 138. The van der Waals surface area contributed by atoms with Crippen LogP contribution in [0.2, 0.25) is 0 Å². The average molecular weight is 182 g/mol. The van der Waals surface area contributed by atoms with E-state index in [4.69, 9.17) is 0 Å². The molecule has 76 valence electrons. The lowest BCUT2D eigenvalue weighted by Gasteiger charge is -2.02. The Labute approximate surface area is 82.2 Å². The molecule has 0 aromatic carbocycles. The van der Waals surface area contributed by atoms with Crippen LogP contribution in [0.3, 0.4) is 0 Å². The van der Waals surface area contributed by atoms with E-state index in [-0.39, 0.29) is 5.92 Å². The van der Waals surface area contributed by atoms with Crippen LogP contribution in [-0.2, 0) is 4.79 Å². The molecule has 1 unspecified atom stereocenters. The largest absolute Gasteiger partial charge is 0.303 e. The number of carbonyl (C=O) groups is 1. The smallest absolute Gasteiger partial charge is 0.122 e. The number of carbonyl (C=O) groups excluding carboxylic acids is 1. The van der Waals surface area contributed by atoms with E-state index in [1.807, 2.05) is 6.92 Å². The van der Waals surface area contributed by atoms with Gasteiger partial charge in [0.1, 0.15) is 6.29 Å². The first kappa shape index (κ1) is 12.4. The number of unbranched alkanes of at least 4 members (excludes halogenated alkanes) is 4. The predicted molar refractivity (Wildman–Crippen MR) is 57.7 cm³/mol. The van der Waals surface area contributed by atoms with Gasteiger partial charge >= 0.3 is 0 Å². The van der Waals surface area contributed by atoms with Crippen LogP contribution in [0.1, 0.15) is 52.4 Å². The van der Waals surface area contributed by atoms with Gasteiger partial charge in [-0.2, -0.15) is 0 Å². The van der Waals surface area contributed by atoms with Crippen molar-refractivity contribution in [2.75, 3.05) is 0 Å². The average Bonchev–Trinajstić information content (AvgIpc) is 2.16. The Balaban J connectivity index is 3.03. The Kier molecular flexibility index (Phi) is 9.07. The summed E-state index contributed by atoms with van der Waals surface area (Å²) in [5, 5.41) is 0. The fourth-order valence-corrected chi connectivity index (χ4v) is 1.32. The Morgan fingerprint density at radius 3 is 2.46 bits per heavy atom. The van der Waals surface area contributed by atoms with Crippen molar-refractivity contribution in [1.82, 2.24) is 0 Å². The van der Waals surface area contributed by atoms with E-state index in [0.717, 1.165) is 12.7 Å². The van der Waals surface area contributed by atoms with Crippen molar-refractivity contribution in [3.05, 3.63) is 12.2 Å². The maximum Gasteiger partial charge on any atom is 0.122 e. The Morgan fingerprint density at radius 2 is 1.85 bits per heavy atom. The molecule has 0 aliphatic heterocycles. The molecule has 0 N–H and O–H groups in total. The topological polar surface area (TPSA) is 17.1 Å². The number of aldehydes is 1. The van der Waals surface area contributed by atoms with Crippen LogP contribution >= 0.6 is 0 Å². The molecular formula is C12H22O. The standard InChI is InChI=1S/C12H22O/c1-3-4-5-6-7-8-9-10-12(2)11-13/h3-4,11-12H,5-10H2,1-2H3. The van der Waals surface area contributed by atoms with Crippen LogP contribution in [0.15, 0.2) is 12.2 Å². The highest BCUT2D eigenvalue weighted by atomic mass is 16.1. The van der Waals surface area contributed by atoms with Crippen LogP contribution in [0.4, 0.5) is 0 Å². The molecular weight excluding hydrogens is 160 g/mol. The van der Waals surface area contributed by atoms with Gasteiger partial charge in [-0.15, -0.1) is 0 Å². The first-order chi connectivity index (χ1) is 6.31. The molecule has 0 saturated heterocycles. The minimum absolute atomic E-state index is 0.260. The molecule has 0 amide bonds. The zero-order chi connectivity index (χ0) is 9.94. The first-order valence-corrected chi connectivity index (χ1v) is 5.37. The van der Waals surface area contributed by atoms with Gasteiger partial charge in [0.15, 0.2) is 0 Å². The van der Waals surface area contributed by atoms with E-state index in [1.54, 1.807) is 0 Å². The molecule has 0 aliphatic carbocycles. The van der Waals surface area contributed by atoms with Gasteiger partial charge in [-0.1, -0.05) is 38.3 Å². The Hall–Kier alpha value is -0.590. The number of rotatable bonds is 8. The summed E-state index contributed by atoms with van der Waals surface area (Å²) >= 11 is 0. The summed E-state index contributed by atoms with van der Waals surface area (Å²) in [6, 6.07) is 0. The van der Waals surface area contributed by atoms with Gasteiger partial charge in [-0.3, -0.25) is 0 Å². The van der Waals surface area contributed by atoms with E-state index in [2.05, 4.69) is 19.1 Å². The van der Waals surface area contributed by atoms with Crippen LogP contribution in [0.5, 0.6) is 0 Å². The van der Waals surface area contributed by atoms with E-state index in [0.29, 0.717) is 0 Å².